The van der Waals surface area contributed by atoms with Crippen molar-refractivity contribution in [3.05, 3.63) is 104 Å². The number of nitrogens with zero attached hydrogens (tertiary/aromatic N) is 3. The van der Waals surface area contributed by atoms with E-state index in [0.29, 0.717) is 0 Å². The van der Waals surface area contributed by atoms with Crippen molar-refractivity contribution in [3.8, 4) is 22.5 Å². The first-order valence-corrected chi connectivity index (χ1v) is 7.72. The van der Waals surface area contributed by atoms with Gasteiger partial charge in [0.1, 0.15) is 0 Å². The summed E-state index contributed by atoms with van der Waals surface area (Å²) in [6.45, 7) is 0. The van der Waals surface area contributed by atoms with E-state index in [1.54, 1.807) is 24.8 Å². The molecular formula is C21H17N3. The lowest BCUT2D eigenvalue weighted by Crippen LogP contribution is -1.91. The van der Waals surface area contributed by atoms with Crippen LogP contribution in [0.1, 0.15) is 0 Å². The molecule has 0 aliphatic heterocycles. The van der Waals surface area contributed by atoms with Crippen LogP contribution in [0.4, 0.5) is 0 Å². The molecule has 0 aliphatic rings. The Bertz CT molecular complexity index is 762. The highest BCUT2D eigenvalue weighted by molar-refractivity contribution is 5.77. The summed E-state index contributed by atoms with van der Waals surface area (Å²) >= 11 is 0. The molecule has 4 rings (SSSR count). The maximum absolute atomic E-state index is 4.46. The molecule has 4 aromatic rings. The Morgan fingerprint density at radius 3 is 1.17 bits per heavy atom. The van der Waals surface area contributed by atoms with Crippen molar-refractivity contribution in [1.82, 2.24) is 15.0 Å². The molecule has 0 fully saturated rings. The monoisotopic (exact) mass is 311 g/mol. The van der Waals surface area contributed by atoms with Crippen molar-refractivity contribution in [2.24, 2.45) is 0 Å². The lowest BCUT2D eigenvalue weighted by Gasteiger charge is -2.07. The molecule has 0 aliphatic carbocycles. The minimum absolute atomic E-state index is 0.921. The summed E-state index contributed by atoms with van der Waals surface area (Å²) in [5, 5.41) is 0. The minimum Gasteiger partial charge on any atom is -0.265 e. The lowest BCUT2D eigenvalue weighted by atomic mass is 10.0. The topological polar surface area (TPSA) is 38.7 Å². The van der Waals surface area contributed by atoms with E-state index in [4.69, 9.17) is 0 Å². The quantitative estimate of drug-likeness (QED) is 0.529. The summed E-state index contributed by atoms with van der Waals surface area (Å²) in [7, 11) is 0. The highest BCUT2D eigenvalue weighted by Crippen LogP contribution is 2.27. The molecule has 2 aromatic carbocycles. The van der Waals surface area contributed by atoms with Crippen molar-refractivity contribution in [2.75, 3.05) is 0 Å². The maximum atomic E-state index is 4.46. The number of rotatable bonds is 2. The van der Waals surface area contributed by atoms with Gasteiger partial charge >= 0.3 is 0 Å². The largest absolute Gasteiger partial charge is 0.265 e. The van der Waals surface area contributed by atoms with Crippen molar-refractivity contribution in [1.29, 1.82) is 0 Å². The van der Waals surface area contributed by atoms with Gasteiger partial charge in [0, 0.05) is 35.9 Å². The zero-order chi connectivity index (χ0) is 16.5. The van der Waals surface area contributed by atoms with Crippen LogP contribution < -0.4 is 0 Å². The van der Waals surface area contributed by atoms with E-state index in [2.05, 4.69) is 39.2 Å². The summed E-state index contributed by atoms with van der Waals surface area (Å²) in [5.74, 6) is 0. The van der Waals surface area contributed by atoms with Crippen LogP contribution in [0.3, 0.4) is 0 Å². The van der Waals surface area contributed by atoms with E-state index in [1.807, 2.05) is 54.6 Å². The van der Waals surface area contributed by atoms with Crippen molar-refractivity contribution < 1.29 is 0 Å². The first kappa shape index (κ1) is 15.6. The first-order valence-electron chi connectivity index (χ1n) is 7.72. The molecule has 2 heterocycles. The number of aromatic nitrogens is 3. The zero-order valence-electron chi connectivity index (χ0n) is 13.2. The van der Waals surface area contributed by atoms with Gasteiger partial charge in [-0.15, -0.1) is 0 Å². The Morgan fingerprint density at radius 1 is 0.417 bits per heavy atom. The average molecular weight is 311 g/mol. The summed E-state index contributed by atoms with van der Waals surface area (Å²) in [5.41, 5.74) is 4.02. The second-order valence-electron chi connectivity index (χ2n) is 5.01. The van der Waals surface area contributed by atoms with E-state index in [1.165, 1.54) is 0 Å². The van der Waals surface area contributed by atoms with Gasteiger partial charge in [0.2, 0.25) is 0 Å². The van der Waals surface area contributed by atoms with E-state index >= 15 is 0 Å². The third kappa shape index (κ3) is 4.11. The Labute approximate surface area is 141 Å². The van der Waals surface area contributed by atoms with Gasteiger partial charge in [-0.2, -0.15) is 0 Å². The molecule has 0 unspecified atom stereocenters. The summed E-state index contributed by atoms with van der Waals surface area (Å²) < 4.78 is 0. The number of hydrogen-bond donors (Lipinski definition) is 0. The van der Waals surface area contributed by atoms with Crippen molar-refractivity contribution in [2.45, 2.75) is 0 Å². The highest BCUT2D eigenvalue weighted by Gasteiger charge is 2.08. The van der Waals surface area contributed by atoms with Gasteiger partial charge in [-0.3, -0.25) is 15.0 Å². The van der Waals surface area contributed by atoms with Gasteiger partial charge < -0.3 is 0 Å². The maximum Gasteiger partial charge on any atom is 0.0965 e. The predicted octanol–water partition coefficient (Wildman–Crippen LogP) is 4.89. The molecule has 0 saturated carbocycles. The molecule has 2 aromatic heterocycles. The molecule has 0 spiro atoms. The van der Waals surface area contributed by atoms with Crippen LogP contribution in [-0.2, 0) is 0 Å². The third-order valence-electron chi connectivity index (χ3n) is 3.36. The van der Waals surface area contributed by atoms with E-state index < -0.39 is 0 Å². The molecule has 0 N–H and O–H groups in total. The molecule has 0 saturated heterocycles. The highest BCUT2D eigenvalue weighted by atomic mass is 14.8. The predicted molar refractivity (Wildman–Crippen MR) is 97.1 cm³/mol. The number of benzene rings is 2. The molecular weight excluding hydrogens is 294 g/mol. The molecule has 0 bridgehead atoms. The lowest BCUT2D eigenvalue weighted by molar-refractivity contribution is 1.21. The first-order chi connectivity index (χ1) is 11.9. The molecule has 24 heavy (non-hydrogen) atoms. The van der Waals surface area contributed by atoms with Crippen LogP contribution in [0.25, 0.3) is 22.5 Å². The Kier molecular flexibility index (Phi) is 5.41. The minimum atomic E-state index is 0.921. The van der Waals surface area contributed by atoms with Gasteiger partial charge in [-0.25, -0.2) is 0 Å². The molecule has 0 amide bonds. The van der Waals surface area contributed by atoms with Crippen LogP contribution in [0, 0.1) is 0 Å². The third-order valence-corrected chi connectivity index (χ3v) is 3.36. The van der Waals surface area contributed by atoms with Crippen LogP contribution in [-0.4, -0.2) is 15.0 Å². The number of pyridine rings is 1. The fourth-order valence-corrected chi connectivity index (χ4v) is 2.27. The van der Waals surface area contributed by atoms with Gasteiger partial charge in [0.15, 0.2) is 0 Å². The van der Waals surface area contributed by atoms with E-state index in [9.17, 15) is 0 Å². The average Bonchev–Trinajstić information content (AvgIpc) is 2.71. The molecule has 0 radical (unpaired) electrons. The van der Waals surface area contributed by atoms with Gasteiger partial charge in [-0.1, -0.05) is 66.7 Å². The Morgan fingerprint density at radius 2 is 0.833 bits per heavy atom. The van der Waals surface area contributed by atoms with Gasteiger partial charge in [-0.05, 0) is 12.1 Å². The Balaban J connectivity index is 0.000000238. The fraction of sp³-hybridized carbons (Fsp3) is 0. The second-order valence-corrected chi connectivity index (χ2v) is 5.01. The van der Waals surface area contributed by atoms with Crippen LogP contribution in [0.5, 0.6) is 0 Å². The zero-order valence-corrected chi connectivity index (χ0v) is 13.2. The summed E-state index contributed by atoms with van der Waals surface area (Å²) in [4.78, 5) is 12.7. The summed E-state index contributed by atoms with van der Waals surface area (Å²) in [6.07, 6.45) is 6.96. The molecule has 0 atom stereocenters. The smallest absolute Gasteiger partial charge is 0.0965 e. The fourth-order valence-electron chi connectivity index (χ4n) is 2.27. The number of hydrogen-bond acceptors (Lipinski definition) is 3. The summed E-state index contributed by atoms with van der Waals surface area (Å²) in [6, 6.07) is 26.0. The van der Waals surface area contributed by atoms with Crippen LogP contribution >= 0.6 is 0 Å². The van der Waals surface area contributed by atoms with Crippen molar-refractivity contribution in [3.63, 3.8) is 0 Å². The van der Waals surface area contributed by atoms with E-state index in [-0.39, 0.29) is 0 Å². The van der Waals surface area contributed by atoms with Gasteiger partial charge in [0.25, 0.3) is 0 Å². The molecule has 3 nitrogen and oxygen atoms in total. The van der Waals surface area contributed by atoms with E-state index in [0.717, 1.165) is 22.5 Å². The standard InChI is InChI=1S/C16H12N2.C5H5N/c1-3-7-13(8-4-1)15-16(18-12-11-17-15)14-9-5-2-6-10-14;1-2-4-6-5-3-1/h1-12H;1-5H. The molecule has 3 heteroatoms. The van der Waals surface area contributed by atoms with Gasteiger partial charge in [0.05, 0.1) is 11.4 Å². The molecule has 116 valence electrons. The van der Waals surface area contributed by atoms with Crippen molar-refractivity contribution >= 4 is 0 Å². The van der Waals surface area contributed by atoms with Crippen LogP contribution in [0.15, 0.2) is 104 Å². The Hall–Kier alpha value is -3.33. The second kappa shape index (κ2) is 8.34. The SMILES string of the molecule is c1ccc(-c2nccnc2-c2ccccc2)cc1.c1ccncc1. The van der Waals surface area contributed by atoms with Crippen LogP contribution in [0.2, 0.25) is 0 Å². The normalized spacial score (nSPS) is 9.67.